The van der Waals surface area contributed by atoms with Crippen molar-refractivity contribution in [1.82, 2.24) is 0 Å². The molecule has 2 rings (SSSR count). The van der Waals surface area contributed by atoms with Crippen molar-refractivity contribution < 1.29 is 8.42 Å². The van der Waals surface area contributed by atoms with Crippen molar-refractivity contribution in [3.8, 4) is 0 Å². The summed E-state index contributed by atoms with van der Waals surface area (Å²) >= 11 is 0. The van der Waals surface area contributed by atoms with E-state index in [4.69, 9.17) is 0 Å². The third kappa shape index (κ3) is 1.74. The van der Waals surface area contributed by atoms with Gasteiger partial charge in [-0.05, 0) is 31.4 Å². The third-order valence-electron chi connectivity index (χ3n) is 2.79. The van der Waals surface area contributed by atoms with Crippen LogP contribution in [0.2, 0.25) is 0 Å². The van der Waals surface area contributed by atoms with Crippen LogP contribution in [0.1, 0.15) is 17.5 Å². The smallest absolute Gasteiger partial charge is 0.235 e. The lowest BCUT2D eigenvalue weighted by Crippen LogP contribution is -2.26. The average molecular weight is 225 g/mol. The zero-order chi connectivity index (χ0) is 11.1. The minimum absolute atomic E-state index is 0.279. The normalized spacial score (nSPS) is 19.5. The third-order valence-corrected chi connectivity index (χ3v) is 4.63. The monoisotopic (exact) mass is 225 g/mol. The molecule has 0 aromatic heterocycles. The van der Waals surface area contributed by atoms with Crippen LogP contribution < -0.4 is 4.31 Å². The van der Waals surface area contributed by atoms with E-state index in [-0.39, 0.29) is 5.75 Å². The molecule has 0 amide bonds. The van der Waals surface area contributed by atoms with Crippen LogP contribution in [0.25, 0.3) is 0 Å². The Bertz CT molecular complexity index is 459. The zero-order valence-electron chi connectivity index (χ0n) is 9.03. The van der Waals surface area contributed by atoms with E-state index in [1.54, 1.807) is 4.31 Å². The van der Waals surface area contributed by atoms with Crippen molar-refractivity contribution in [3.63, 3.8) is 0 Å². The number of rotatable bonds is 1. The maximum atomic E-state index is 11.8. The summed E-state index contributed by atoms with van der Waals surface area (Å²) in [6.45, 7) is 4.53. The lowest BCUT2D eigenvalue weighted by atomic mass is 10.1. The molecule has 0 saturated carbocycles. The molecule has 3 nitrogen and oxygen atoms in total. The number of benzene rings is 1. The molecule has 1 aliphatic heterocycles. The molecular formula is C11H15NO2S. The highest BCUT2D eigenvalue weighted by molar-refractivity contribution is 7.93. The molecule has 4 heteroatoms. The lowest BCUT2D eigenvalue weighted by molar-refractivity contribution is 0.599. The van der Waals surface area contributed by atoms with Crippen LogP contribution in [-0.2, 0) is 10.0 Å². The molecule has 0 spiro atoms. The minimum Gasteiger partial charge on any atom is -0.270 e. The number of para-hydroxylation sites is 1. The van der Waals surface area contributed by atoms with Gasteiger partial charge in [0, 0.05) is 6.54 Å². The first-order valence-corrected chi connectivity index (χ1v) is 6.70. The second kappa shape index (κ2) is 3.52. The number of anilines is 1. The van der Waals surface area contributed by atoms with Crippen LogP contribution in [0.4, 0.5) is 5.69 Å². The molecule has 0 bridgehead atoms. The molecule has 1 saturated heterocycles. The molecule has 0 radical (unpaired) electrons. The van der Waals surface area contributed by atoms with Crippen molar-refractivity contribution in [2.75, 3.05) is 16.6 Å². The summed E-state index contributed by atoms with van der Waals surface area (Å²) in [5.74, 6) is 0.279. The Morgan fingerprint density at radius 3 is 2.27 bits per heavy atom. The first-order valence-electron chi connectivity index (χ1n) is 5.09. The minimum atomic E-state index is -3.05. The summed E-state index contributed by atoms with van der Waals surface area (Å²) in [6, 6.07) is 5.86. The SMILES string of the molecule is Cc1cccc(C)c1N1CCCS1(=O)=O. The number of nitrogens with zero attached hydrogens (tertiary/aromatic N) is 1. The number of hydrogen-bond donors (Lipinski definition) is 0. The maximum Gasteiger partial charge on any atom is 0.235 e. The summed E-state index contributed by atoms with van der Waals surface area (Å²) in [5.41, 5.74) is 2.93. The van der Waals surface area contributed by atoms with E-state index < -0.39 is 10.0 Å². The molecule has 1 fully saturated rings. The Hall–Kier alpha value is -1.03. The van der Waals surface area contributed by atoms with E-state index >= 15 is 0 Å². The van der Waals surface area contributed by atoms with E-state index in [1.165, 1.54) is 0 Å². The molecule has 15 heavy (non-hydrogen) atoms. The molecule has 0 aliphatic carbocycles. The Morgan fingerprint density at radius 1 is 1.20 bits per heavy atom. The largest absolute Gasteiger partial charge is 0.270 e. The van der Waals surface area contributed by atoms with Crippen molar-refractivity contribution in [1.29, 1.82) is 0 Å². The van der Waals surface area contributed by atoms with Gasteiger partial charge in [0.1, 0.15) is 0 Å². The Kier molecular flexibility index (Phi) is 2.46. The zero-order valence-corrected chi connectivity index (χ0v) is 9.84. The quantitative estimate of drug-likeness (QED) is 0.731. The molecule has 0 atom stereocenters. The van der Waals surface area contributed by atoms with Gasteiger partial charge in [0.2, 0.25) is 10.0 Å². The van der Waals surface area contributed by atoms with Gasteiger partial charge in [0.05, 0.1) is 11.4 Å². The first-order chi connectivity index (χ1) is 7.02. The molecule has 0 N–H and O–H groups in total. The first kappa shape index (κ1) is 10.5. The van der Waals surface area contributed by atoms with Gasteiger partial charge in [0.15, 0.2) is 0 Å². The highest BCUT2D eigenvalue weighted by Crippen LogP contribution is 2.30. The van der Waals surface area contributed by atoms with E-state index in [0.29, 0.717) is 6.54 Å². The van der Waals surface area contributed by atoms with Gasteiger partial charge in [-0.3, -0.25) is 4.31 Å². The van der Waals surface area contributed by atoms with Gasteiger partial charge in [-0.2, -0.15) is 0 Å². The van der Waals surface area contributed by atoms with Crippen LogP contribution >= 0.6 is 0 Å². The lowest BCUT2D eigenvalue weighted by Gasteiger charge is -2.21. The standard InChI is InChI=1S/C11H15NO2S/c1-9-5-3-6-10(2)11(9)12-7-4-8-15(12,13)14/h3,5-6H,4,7-8H2,1-2H3. The number of sulfonamides is 1. The van der Waals surface area contributed by atoms with Crippen molar-refractivity contribution in [2.45, 2.75) is 20.3 Å². The molecular weight excluding hydrogens is 210 g/mol. The molecule has 0 unspecified atom stereocenters. The van der Waals surface area contributed by atoms with Crippen LogP contribution in [0.5, 0.6) is 0 Å². The number of hydrogen-bond acceptors (Lipinski definition) is 2. The van der Waals surface area contributed by atoms with Crippen LogP contribution in [0.15, 0.2) is 18.2 Å². The average Bonchev–Trinajstić information content (AvgIpc) is 2.46. The molecule has 82 valence electrons. The fourth-order valence-electron chi connectivity index (χ4n) is 2.09. The van der Waals surface area contributed by atoms with Crippen LogP contribution in [0.3, 0.4) is 0 Å². The van der Waals surface area contributed by atoms with E-state index in [9.17, 15) is 8.42 Å². The van der Waals surface area contributed by atoms with Gasteiger partial charge in [-0.25, -0.2) is 8.42 Å². The van der Waals surface area contributed by atoms with E-state index in [2.05, 4.69) is 0 Å². The van der Waals surface area contributed by atoms with Crippen molar-refractivity contribution in [3.05, 3.63) is 29.3 Å². The van der Waals surface area contributed by atoms with Gasteiger partial charge < -0.3 is 0 Å². The topological polar surface area (TPSA) is 37.4 Å². The number of aryl methyl sites for hydroxylation is 2. The van der Waals surface area contributed by atoms with Crippen LogP contribution in [-0.4, -0.2) is 20.7 Å². The summed E-state index contributed by atoms with van der Waals surface area (Å²) in [4.78, 5) is 0. The van der Waals surface area contributed by atoms with Crippen molar-refractivity contribution in [2.24, 2.45) is 0 Å². The molecule has 1 heterocycles. The van der Waals surface area contributed by atoms with Gasteiger partial charge in [-0.15, -0.1) is 0 Å². The summed E-state index contributed by atoms with van der Waals surface area (Å²) in [5, 5.41) is 0. The Morgan fingerprint density at radius 2 is 1.80 bits per heavy atom. The van der Waals surface area contributed by atoms with Crippen LogP contribution in [0, 0.1) is 13.8 Å². The second-order valence-electron chi connectivity index (χ2n) is 3.98. The van der Waals surface area contributed by atoms with E-state index in [1.807, 2.05) is 32.0 Å². The van der Waals surface area contributed by atoms with Crippen molar-refractivity contribution >= 4 is 15.7 Å². The van der Waals surface area contributed by atoms with Gasteiger partial charge in [-0.1, -0.05) is 18.2 Å². The highest BCUT2D eigenvalue weighted by atomic mass is 32.2. The highest BCUT2D eigenvalue weighted by Gasteiger charge is 2.30. The molecule has 1 aromatic carbocycles. The van der Waals surface area contributed by atoms with Gasteiger partial charge in [0.25, 0.3) is 0 Å². The predicted octanol–water partition coefficient (Wildman–Crippen LogP) is 1.84. The molecule has 1 aliphatic rings. The van der Waals surface area contributed by atoms with Gasteiger partial charge >= 0.3 is 0 Å². The summed E-state index contributed by atoms with van der Waals surface area (Å²) in [7, 11) is -3.05. The Balaban J connectivity index is 2.55. The van der Waals surface area contributed by atoms with E-state index in [0.717, 1.165) is 23.2 Å². The summed E-state index contributed by atoms with van der Waals surface area (Å²) < 4.78 is 25.1. The summed E-state index contributed by atoms with van der Waals surface area (Å²) in [6.07, 6.45) is 0.732. The molecule has 1 aromatic rings. The predicted molar refractivity (Wildman–Crippen MR) is 61.7 cm³/mol. The maximum absolute atomic E-state index is 11.8. The fraction of sp³-hybridized carbons (Fsp3) is 0.455. The fourth-order valence-corrected chi connectivity index (χ4v) is 3.78. The second-order valence-corrected chi connectivity index (χ2v) is 5.99. The Labute approximate surface area is 90.8 Å².